The van der Waals surface area contributed by atoms with Gasteiger partial charge in [0.25, 0.3) is 0 Å². The molecule has 4 heteroatoms. The predicted molar refractivity (Wildman–Crippen MR) is 61.9 cm³/mol. The number of carbonyl (C=O) groups is 1. The third-order valence-corrected chi connectivity index (χ3v) is 2.80. The van der Waals surface area contributed by atoms with Crippen LogP contribution >= 0.6 is 0 Å². The van der Waals surface area contributed by atoms with E-state index >= 15 is 0 Å². The molecule has 0 saturated carbocycles. The Bertz CT molecular complexity index is 353. The fraction of sp³-hybridized carbons (Fsp3) is 0.417. The van der Waals surface area contributed by atoms with E-state index < -0.39 is 0 Å². The number of ketones is 1. The smallest absolute Gasteiger partial charge is 0.162 e. The molecule has 16 heavy (non-hydrogen) atoms. The molecule has 1 aromatic carbocycles. The number of Topliss-reactive ketones (excluding diaryl/α,β-unsaturated/α-hetero) is 1. The minimum Gasteiger partial charge on any atom is -0.784 e. The van der Waals surface area contributed by atoms with Gasteiger partial charge in [-0.3, -0.25) is 4.79 Å². The van der Waals surface area contributed by atoms with Crippen LogP contribution in [0.5, 0.6) is 0 Å². The molecule has 1 N–H and O–H groups in total. The molecule has 1 fully saturated rings. The van der Waals surface area contributed by atoms with Crippen molar-refractivity contribution in [2.75, 3.05) is 13.1 Å². The lowest BCUT2D eigenvalue weighted by molar-refractivity contribution is 0.0970. The van der Waals surface area contributed by atoms with E-state index in [2.05, 4.69) is 5.32 Å². The highest BCUT2D eigenvalue weighted by molar-refractivity contribution is 5.95. The summed E-state index contributed by atoms with van der Waals surface area (Å²) in [7, 11) is 0. The molecule has 1 aliphatic rings. The van der Waals surface area contributed by atoms with Crippen molar-refractivity contribution in [3.05, 3.63) is 41.1 Å². The second kappa shape index (κ2) is 5.21. The van der Waals surface area contributed by atoms with Crippen molar-refractivity contribution in [1.82, 2.24) is 10.4 Å². The Labute approximate surface area is 94.8 Å². The maximum atomic E-state index is 11.8. The molecule has 0 bridgehead atoms. The normalized spacial score (nSPS) is 21.2. The first kappa shape index (κ1) is 11.3. The Morgan fingerprint density at radius 2 is 2.19 bits per heavy atom. The number of hydrogen-bond donors (Lipinski definition) is 1. The molecule has 1 heterocycles. The Kier molecular flexibility index (Phi) is 3.66. The molecule has 86 valence electrons. The molecule has 1 unspecified atom stereocenters. The zero-order valence-electron chi connectivity index (χ0n) is 9.06. The molecule has 0 amide bonds. The first-order valence-corrected chi connectivity index (χ1v) is 5.53. The van der Waals surface area contributed by atoms with Gasteiger partial charge in [0.15, 0.2) is 5.78 Å². The molecule has 0 radical (unpaired) electrons. The summed E-state index contributed by atoms with van der Waals surface area (Å²) in [4.78, 5) is 11.8. The van der Waals surface area contributed by atoms with Gasteiger partial charge in [0.2, 0.25) is 0 Å². The molecule has 1 aliphatic heterocycles. The largest absolute Gasteiger partial charge is 0.784 e. The van der Waals surface area contributed by atoms with Crippen LogP contribution in [0.4, 0.5) is 0 Å². The van der Waals surface area contributed by atoms with Crippen molar-refractivity contribution in [1.29, 1.82) is 0 Å². The number of carbonyl (C=O) groups excluding carboxylic acids is 1. The van der Waals surface area contributed by atoms with Crippen LogP contribution in [0.2, 0.25) is 0 Å². The number of benzene rings is 1. The van der Waals surface area contributed by atoms with Crippen molar-refractivity contribution >= 4 is 5.78 Å². The topological polar surface area (TPSA) is 55.4 Å². The molecule has 0 aromatic heterocycles. The van der Waals surface area contributed by atoms with Crippen LogP contribution in [0.3, 0.4) is 0 Å². The SMILES string of the molecule is O=C(CCC1NCCN1[O-])c1ccccc1. The second-order valence-corrected chi connectivity index (χ2v) is 3.94. The minimum absolute atomic E-state index is 0.0997. The van der Waals surface area contributed by atoms with Crippen LogP contribution in [0.25, 0.3) is 0 Å². The molecular formula is C12H15N2O2-. The van der Waals surface area contributed by atoms with Gasteiger partial charge < -0.3 is 15.6 Å². The van der Waals surface area contributed by atoms with E-state index in [1.807, 2.05) is 18.2 Å². The molecule has 1 saturated heterocycles. The molecule has 0 aliphatic carbocycles. The molecular weight excluding hydrogens is 204 g/mol. The molecule has 2 rings (SSSR count). The first-order valence-electron chi connectivity index (χ1n) is 5.53. The van der Waals surface area contributed by atoms with Crippen LogP contribution in [-0.2, 0) is 0 Å². The highest BCUT2D eigenvalue weighted by atomic mass is 16.5. The number of hydrogen-bond acceptors (Lipinski definition) is 4. The highest BCUT2D eigenvalue weighted by Crippen LogP contribution is 2.11. The first-order chi connectivity index (χ1) is 7.77. The van der Waals surface area contributed by atoms with E-state index in [1.54, 1.807) is 12.1 Å². The van der Waals surface area contributed by atoms with E-state index in [9.17, 15) is 10.0 Å². The summed E-state index contributed by atoms with van der Waals surface area (Å²) in [6.07, 6.45) is 0.810. The van der Waals surface area contributed by atoms with Gasteiger partial charge in [0.1, 0.15) is 0 Å². The van der Waals surface area contributed by atoms with E-state index in [0.717, 1.165) is 10.6 Å². The molecule has 1 atom stereocenters. The highest BCUT2D eigenvalue weighted by Gasteiger charge is 2.17. The Morgan fingerprint density at radius 1 is 1.44 bits per heavy atom. The van der Waals surface area contributed by atoms with Gasteiger partial charge in [-0.05, 0) is 13.0 Å². The fourth-order valence-corrected chi connectivity index (χ4v) is 1.88. The van der Waals surface area contributed by atoms with Gasteiger partial charge in [-0.15, -0.1) is 0 Å². The monoisotopic (exact) mass is 219 g/mol. The van der Waals surface area contributed by atoms with Crippen LogP contribution < -0.4 is 5.32 Å². The Balaban J connectivity index is 1.84. The van der Waals surface area contributed by atoms with Crippen molar-refractivity contribution in [3.8, 4) is 0 Å². The summed E-state index contributed by atoms with van der Waals surface area (Å²) in [6.45, 7) is 1.23. The van der Waals surface area contributed by atoms with Crippen LogP contribution in [0, 0.1) is 5.21 Å². The zero-order valence-corrected chi connectivity index (χ0v) is 9.06. The van der Waals surface area contributed by atoms with Gasteiger partial charge in [-0.25, -0.2) is 0 Å². The summed E-state index contributed by atoms with van der Waals surface area (Å²) < 4.78 is 0. The fourth-order valence-electron chi connectivity index (χ4n) is 1.88. The average molecular weight is 219 g/mol. The third kappa shape index (κ3) is 2.66. The lowest BCUT2D eigenvalue weighted by Gasteiger charge is -2.29. The number of nitrogens with one attached hydrogen (secondary N) is 1. The summed E-state index contributed by atoms with van der Waals surface area (Å²) in [5, 5.41) is 15.4. The van der Waals surface area contributed by atoms with Crippen molar-refractivity contribution < 1.29 is 4.79 Å². The summed E-state index contributed by atoms with van der Waals surface area (Å²) >= 11 is 0. The van der Waals surface area contributed by atoms with Gasteiger partial charge >= 0.3 is 0 Å². The van der Waals surface area contributed by atoms with Crippen LogP contribution in [0.1, 0.15) is 23.2 Å². The van der Waals surface area contributed by atoms with Gasteiger partial charge in [-0.1, -0.05) is 30.3 Å². The van der Waals surface area contributed by atoms with Gasteiger partial charge in [0.05, 0.1) is 0 Å². The van der Waals surface area contributed by atoms with E-state index in [4.69, 9.17) is 0 Å². The van der Waals surface area contributed by atoms with Crippen molar-refractivity contribution in [2.45, 2.75) is 19.0 Å². The molecule has 1 aromatic rings. The maximum absolute atomic E-state index is 11.8. The quantitative estimate of drug-likeness (QED) is 0.777. The summed E-state index contributed by atoms with van der Waals surface area (Å²) in [6, 6.07) is 9.19. The Morgan fingerprint density at radius 3 is 2.81 bits per heavy atom. The number of hydroxylamine groups is 2. The minimum atomic E-state index is -0.187. The maximum Gasteiger partial charge on any atom is 0.162 e. The van der Waals surface area contributed by atoms with E-state index in [0.29, 0.717) is 25.9 Å². The van der Waals surface area contributed by atoms with Crippen LogP contribution in [-0.4, -0.2) is 30.1 Å². The summed E-state index contributed by atoms with van der Waals surface area (Å²) in [5.41, 5.74) is 0.720. The van der Waals surface area contributed by atoms with Crippen LogP contribution in [0.15, 0.2) is 30.3 Å². The number of nitrogens with zero attached hydrogens (tertiary/aromatic N) is 1. The molecule has 0 spiro atoms. The molecule has 4 nitrogen and oxygen atoms in total. The predicted octanol–water partition coefficient (Wildman–Crippen LogP) is 1.38. The van der Waals surface area contributed by atoms with Crippen molar-refractivity contribution in [2.24, 2.45) is 0 Å². The van der Waals surface area contributed by atoms with Gasteiger partial charge in [0, 0.05) is 24.7 Å². The Hall–Kier alpha value is -1.23. The summed E-state index contributed by atoms with van der Waals surface area (Å²) in [5.74, 6) is 0.0997. The zero-order chi connectivity index (χ0) is 11.4. The lowest BCUT2D eigenvalue weighted by Crippen LogP contribution is -2.32. The van der Waals surface area contributed by atoms with E-state index in [-0.39, 0.29) is 11.9 Å². The number of rotatable bonds is 4. The average Bonchev–Trinajstić information content (AvgIpc) is 2.73. The van der Waals surface area contributed by atoms with E-state index in [1.165, 1.54) is 0 Å². The standard InChI is InChI=1S/C12H15N2O2/c15-11(10-4-2-1-3-5-10)6-7-12-13-8-9-14(12)16/h1-5,12-13H,6-9H2/q-1. The lowest BCUT2D eigenvalue weighted by atomic mass is 10.1. The third-order valence-electron chi connectivity index (χ3n) is 2.80. The second-order valence-electron chi connectivity index (χ2n) is 3.94. The van der Waals surface area contributed by atoms with Gasteiger partial charge in [-0.2, -0.15) is 0 Å². The van der Waals surface area contributed by atoms with Crippen molar-refractivity contribution in [3.63, 3.8) is 0 Å².